The quantitative estimate of drug-likeness (QED) is 0.677. The SMILES string of the molecule is CC(C)CCC1(C(C)C(C)C)SCCS1. The van der Waals surface area contributed by atoms with Crippen LogP contribution in [0.3, 0.4) is 0 Å². The first-order valence-electron chi connectivity index (χ1n) is 6.26. The summed E-state index contributed by atoms with van der Waals surface area (Å²) in [4.78, 5) is 0. The molecule has 2 heteroatoms. The highest BCUT2D eigenvalue weighted by Gasteiger charge is 2.41. The molecule has 0 amide bonds. The normalized spacial score (nSPS) is 22.6. The second-order valence-electron chi connectivity index (χ2n) is 5.47. The van der Waals surface area contributed by atoms with E-state index in [9.17, 15) is 0 Å². The second-order valence-corrected chi connectivity index (χ2v) is 8.58. The minimum Gasteiger partial charge on any atom is -0.143 e. The number of hydrogen-bond donors (Lipinski definition) is 0. The highest BCUT2D eigenvalue weighted by molar-refractivity contribution is 8.21. The lowest BCUT2D eigenvalue weighted by Crippen LogP contribution is -2.31. The van der Waals surface area contributed by atoms with Crippen molar-refractivity contribution in [3.63, 3.8) is 0 Å². The van der Waals surface area contributed by atoms with Crippen LogP contribution in [-0.2, 0) is 0 Å². The van der Waals surface area contributed by atoms with E-state index in [4.69, 9.17) is 0 Å². The zero-order chi connectivity index (χ0) is 11.5. The van der Waals surface area contributed by atoms with Crippen LogP contribution in [0.25, 0.3) is 0 Å². The van der Waals surface area contributed by atoms with E-state index in [0.29, 0.717) is 4.08 Å². The molecule has 1 saturated heterocycles. The van der Waals surface area contributed by atoms with Gasteiger partial charge in [-0.25, -0.2) is 0 Å². The summed E-state index contributed by atoms with van der Waals surface area (Å²) >= 11 is 4.46. The van der Waals surface area contributed by atoms with Crippen molar-refractivity contribution in [3.05, 3.63) is 0 Å². The summed E-state index contributed by atoms with van der Waals surface area (Å²) in [6.45, 7) is 11.9. The van der Waals surface area contributed by atoms with E-state index in [1.807, 2.05) is 0 Å². The summed E-state index contributed by atoms with van der Waals surface area (Å²) in [7, 11) is 0. The van der Waals surface area contributed by atoms with Crippen LogP contribution in [0, 0.1) is 17.8 Å². The van der Waals surface area contributed by atoms with Crippen molar-refractivity contribution in [2.24, 2.45) is 17.8 Å². The second kappa shape index (κ2) is 5.86. The first kappa shape index (κ1) is 13.8. The van der Waals surface area contributed by atoms with E-state index >= 15 is 0 Å². The smallest absolute Gasteiger partial charge is 0.0639 e. The van der Waals surface area contributed by atoms with Gasteiger partial charge in [0.05, 0.1) is 4.08 Å². The lowest BCUT2D eigenvalue weighted by molar-refractivity contribution is 0.357. The van der Waals surface area contributed by atoms with Crippen LogP contribution in [0.2, 0.25) is 0 Å². The third-order valence-electron chi connectivity index (χ3n) is 3.54. The monoisotopic (exact) mass is 246 g/mol. The van der Waals surface area contributed by atoms with E-state index in [0.717, 1.165) is 17.8 Å². The van der Waals surface area contributed by atoms with Gasteiger partial charge in [-0.15, -0.1) is 23.5 Å². The molecule has 1 aliphatic rings. The van der Waals surface area contributed by atoms with Crippen molar-refractivity contribution in [2.75, 3.05) is 11.5 Å². The first-order chi connectivity index (χ1) is 6.98. The maximum Gasteiger partial charge on any atom is 0.0639 e. The third-order valence-corrected chi connectivity index (χ3v) is 7.45. The maximum atomic E-state index is 2.45. The highest BCUT2D eigenvalue weighted by Crippen LogP contribution is 2.54. The minimum atomic E-state index is 0.540. The summed E-state index contributed by atoms with van der Waals surface area (Å²) in [5.74, 6) is 5.23. The van der Waals surface area contributed by atoms with E-state index in [1.54, 1.807) is 0 Å². The highest BCUT2D eigenvalue weighted by atomic mass is 32.2. The molecule has 15 heavy (non-hydrogen) atoms. The Kier molecular flexibility index (Phi) is 5.38. The topological polar surface area (TPSA) is 0 Å². The summed E-state index contributed by atoms with van der Waals surface area (Å²) in [5.41, 5.74) is 0. The Labute approximate surface area is 104 Å². The molecular formula is C13H26S2. The van der Waals surface area contributed by atoms with Crippen molar-refractivity contribution < 1.29 is 0 Å². The van der Waals surface area contributed by atoms with Crippen LogP contribution in [0.4, 0.5) is 0 Å². The molecule has 0 radical (unpaired) electrons. The molecule has 0 spiro atoms. The van der Waals surface area contributed by atoms with Gasteiger partial charge in [0, 0.05) is 11.5 Å². The lowest BCUT2D eigenvalue weighted by Gasteiger charge is -2.37. The Morgan fingerprint density at radius 3 is 1.93 bits per heavy atom. The molecule has 1 aliphatic heterocycles. The summed E-state index contributed by atoms with van der Waals surface area (Å²) < 4.78 is 0.540. The summed E-state index contributed by atoms with van der Waals surface area (Å²) in [6, 6.07) is 0. The Morgan fingerprint density at radius 2 is 1.53 bits per heavy atom. The van der Waals surface area contributed by atoms with Gasteiger partial charge in [0.2, 0.25) is 0 Å². The van der Waals surface area contributed by atoms with Gasteiger partial charge < -0.3 is 0 Å². The van der Waals surface area contributed by atoms with Crippen LogP contribution in [-0.4, -0.2) is 15.6 Å². The molecule has 0 aromatic carbocycles. The molecule has 1 unspecified atom stereocenters. The minimum absolute atomic E-state index is 0.540. The van der Waals surface area contributed by atoms with Gasteiger partial charge in [-0.05, 0) is 30.6 Å². The van der Waals surface area contributed by atoms with Gasteiger partial charge in [-0.1, -0.05) is 34.6 Å². The molecule has 0 aliphatic carbocycles. The molecule has 1 fully saturated rings. The Balaban J connectivity index is 2.61. The van der Waals surface area contributed by atoms with Crippen LogP contribution in [0.1, 0.15) is 47.5 Å². The molecular weight excluding hydrogens is 220 g/mol. The van der Waals surface area contributed by atoms with Gasteiger partial charge in [0.25, 0.3) is 0 Å². The molecule has 0 aromatic heterocycles. The molecule has 1 atom stereocenters. The molecule has 0 nitrogen and oxygen atoms in total. The Morgan fingerprint density at radius 1 is 1.00 bits per heavy atom. The van der Waals surface area contributed by atoms with Crippen molar-refractivity contribution in [3.8, 4) is 0 Å². The zero-order valence-electron chi connectivity index (χ0n) is 10.9. The van der Waals surface area contributed by atoms with Gasteiger partial charge >= 0.3 is 0 Å². The van der Waals surface area contributed by atoms with Gasteiger partial charge in [-0.3, -0.25) is 0 Å². The van der Waals surface area contributed by atoms with E-state index in [2.05, 4.69) is 58.1 Å². The number of rotatable bonds is 5. The molecule has 0 N–H and O–H groups in total. The van der Waals surface area contributed by atoms with E-state index < -0.39 is 0 Å². The fourth-order valence-corrected chi connectivity index (χ4v) is 5.89. The molecule has 90 valence electrons. The summed E-state index contributed by atoms with van der Waals surface area (Å²) in [6.07, 6.45) is 2.79. The predicted molar refractivity (Wildman–Crippen MR) is 75.7 cm³/mol. The number of hydrogen-bond acceptors (Lipinski definition) is 2. The third kappa shape index (κ3) is 3.59. The predicted octanol–water partition coefficient (Wildman–Crippen LogP) is 4.89. The van der Waals surface area contributed by atoms with Crippen molar-refractivity contribution in [1.29, 1.82) is 0 Å². The molecule has 0 aromatic rings. The average molecular weight is 246 g/mol. The Hall–Kier alpha value is 0.700. The van der Waals surface area contributed by atoms with Crippen molar-refractivity contribution in [2.45, 2.75) is 51.5 Å². The number of thioether (sulfide) groups is 2. The van der Waals surface area contributed by atoms with Crippen LogP contribution < -0.4 is 0 Å². The molecule has 0 bridgehead atoms. The maximum absolute atomic E-state index is 2.45. The van der Waals surface area contributed by atoms with Gasteiger partial charge in [0.15, 0.2) is 0 Å². The Bertz CT molecular complexity index is 181. The van der Waals surface area contributed by atoms with E-state index in [-0.39, 0.29) is 0 Å². The largest absolute Gasteiger partial charge is 0.143 e. The van der Waals surface area contributed by atoms with Gasteiger partial charge in [-0.2, -0.15) is 0 Å². The molecule has 0 saturated carbocycles. The fraction of sp³-hybridized carbons (Fsp3) is 1.00. The van der Waals surface area contributed by atoms with Crippen LogP contribution >= 0.6 is 23.5 Å². The fourth-order valence-electron chi connectivity index (χ4n) is 2.10. The molecule has 1 rings (SSSR count). The van der Waals surface area contributed by atoms with Gasteiger partial charge in [0.1, 0.15) is 0 Å². The average Bonchev–Trinajstić information content (AvgIpc) is 2.63. The lowest BCUT2D eigenvalue weighted by atomic mass is 9.90. The first-order valence-corrected chi connectivity index (χ1v) is 8.23. The van der Waals surface area contributed by atoms with Crippen LogP contribution in [0.5, 0.6) is 0 Å². The van der Waals surface area contributed by atoms with E-state index in [1.165, 1.54) is 24.3 Å². The summed E-state index contributed by atoms with van der Waals surface area (Å²) in [5, 5.41) is 0. The zero-order valence-corrected chi connectivity index (χ0v) is 12.5. The standard InChI is InChI=1S/C13H26S2/c1-10(2)6-7-13(12(5)11(3)4)14-8-9-15-13/h10-12H,6-9H2,1-5H3. The van der Waals surface area contributed by atoms with Crippen molar-refractivity contribution in [1.82, 2.24) is 0 Å². The van der Waals surface area contributed by atoms with Crippen molar-refractivity contribution >= 4 is 23.5 Å². The molecule has 1 heterocycles. The van der Waals surface area contributed by atoms with Crippen LogP contribution in [0.15, 0.2) is 0 Å².